The molecule has 104 valence electrons. The molecule has 1 aliphatic rings. The van der Waals surface area contributed by atoms with E-state index >= 15 is 0 Å². The number of anilines is 1. The minimum atomic E-state index is -0.750. The Bertz CT molecular complexity index is 500. The van der Waals surface area contributed by atoms with Crippen molar-refractivity contribution in [3.05, 3.63) is 16.3 Å². The molecule has 0 N–H and O–H groups in total. The van der Waals surface area contributed by atoms with Gasteiger partial charge in [0, 0.05) is 13.6 Å². The topological polar surface area (TPSA) is 99.7 Å². The Morgan fingerprint density at radius 3 is 3.05 bits per heavy atom. The van der Waals surface area contributed by atoms with Gasteiger partial charge < -0.3 is 14.4 Å². The smallest absolute Gasteiger partial charge is 0.336 e. The molecule has 1 aromatic heterocycles. The van der Waals surface area contributed by atoms with Crippen LogP contribution in [0.15, 0.2) is 6.20 Å². The summed E-state index contributed by atoms with van der Waals surface area (Å²) in [5.74, 6) is -0.256. The number of ether oxygens (including phenoxy) is 2. The highest BCUT2D eigenvalue weighted by molar-refractivity contribution is 5.76. The number of methoxy groups -OCH3 is 1. The summed E-state index contributed by atoms with van der Waals surface area (Å²) in [5, 5.41) is 15.0. The van der Waals surface area contributed by atoms with Crippen LogP contribution in [0.25, 0.3) is 0 Å². The minimum Gasteiger partial charge on any atom is -0.467 e. The summed E-state index contributed by atoms with van der Waals surface area (Å²) < 4.78 is 11.2. The third kappa shape index (κ3) is 2.65. The van der Waals surface area contributed by atoms with Gasteiger partial charge >= 0.3 is 11.7 Å². The predicted octanol–water partition coefficient (Wildman–Crippen LogP) is -0.294. The average Bonchev–Trinajstić information content (AvgIpc) is 2.80. The van der Waals surface area contributed by atoms with Crippen molar-refractivity contribution >= 4 is 17.5 Å². The van der Waals surface area contributed by atoms with Crippen molar-refractivity contribution in [3.63, 3.8) is 0 Å². The monoisotopic (exact) mass is 270 g/mol. The summed E-state index contributed by atoms with van der Waals surface area (Å²) in [7, 11) is 2.88. The van der Waals surface area contributed by atoms with Crippen LogP contribution in [0.3, 0.4) is 0 Å². The quantitative estimate of drug-likeness (QED) is 0.422. The third-order valence-corrected chi connectivity index (χ3v) is 2.82. The molecule has 0 saturated carbocycles. The zero-order valence-corrected chi connectivity index (χ0v) is 10.6. The number of hydrogen-bond donors (Lipinski definition) is 0. The first-order chi connectivity index (χ1) is 9.02. The number of esters is 1. The predicted molar refractivity (Wildman–Crippen MR) is 63.8 cm³/mol. The van der Waals surface area contributed by atoms with Gasteiger partial charge in [0.25, 0.3) is 0 Å². The van der Waals surface area contributed by atoms with Crippen LogP contribution in [-0.4, -0.2) is 53.6 Å². The summed E-state index contributed by atoms with van der Waals surface area (Å²) in [6, 6.07) is 0. The maximum atomic E-state index is 11.4. The largest absolute Gasteiger partial charge is 0.467 e. The van der Waals surface area contributed by atoms with E-state index in [1.54, 1.807) is 11.9 Å². The van der Waals surface area contributed by atoms with E-state index in [0.717, 1.165) is 0 Å². The Morgan fingerprint density at radius 2 is 2.42 bits per heavy atom. The lowest BCUT2D eigenvalue weighted by atomic mass is 10.2. The highest BCUT2D eigenvalue weighted by atomic mass is 16.6. The molecule has 1 atom stereocenters. The molecule has 9 heteroatoms. The van der Waals surface area contributed by atoms with Gasteiger partial charge in [-0.3, -0.25) is 14.8 Å². The molecule has 0 aliphatic carbocycles. The van der Waals surface area contributed by atoms with Crippen molar-refractivity contribution in [1.82, 2.24) is 9.78 Å². The van der Waals surface area contributed by atoms with Crippen molar-refractivity contribution in [1.29, 1.82) is 0 Å². The first-order valence-electron chi connectivity index (χ1n) is 5.65. The van der Waals surface area contributed by atoms with Gasteiger partial charge in [-0.05, 0) is 0 Å². The molecule has 0 bridgehead atoms. The molecule has 0 aromatic carbocycles. The first kappa shape index (κ1) is 13.3. The zero-order valence-electron chi connectivity index (χ0n) is 10.6. The van der Waals surface area contributed by atoms with Crippen LogP contribution in [0.1, 0.15) is 0 Å². The minimum absolute atomic E-state index is 0.0898. The highest BCUT2D eigenvalue weighted by Crippen LogP contribution is 2.27. The molecule has 2 rings (SSSR count). The standard InChI is InChI=1S/C10H14N4O5/c1-12-5-7(14(16)17)9(11-12)13-3-4-19-8(6-13)10(15)18-2/h5,8H,3-4,6H2,1-2H3. The van der Waals surface area contributed by atoms with Gasteiger partial charge in [-0.15, -0.1) is 5.10 Å². The van der Waals surface area contributed by atoms with E-state index in [1.165, 1.54) is 18.0 Å². The maximum absolute atomic E-state index is 11.4. The van der Waals surface area contributed by atoms with E-state index < -0.39 is 17.0 Å². The second kappa shape index (κ2) is 5.22. The molecule has 1 unspecified atom stereocenters. The number of morpholine rings is 1. The second-order valence-electron chi connectivity index (χ2n) is 4.10. The van der Waals surface area contributed by atoms with Gasteiger partial charge in [-0.2, -0.15) is 0 Å². The van der Waals surface area contributed by atoms with Crippen LogP contribution in [0.5, 0.6) is 0 Å². The van der Waals surface area contributed by atoms with Crippen molar-refractivity contribution in [3.8, 4) is 0 Å². The van der Waals surface area contributed by atoms with Gasteiger partial charge in [-0.1, -0.05) is 0 Å². The lowest BCUT2D eigenvalue weighted by Gasteiger charge is -2.30. The van der Waals surface area contributed by atoms with E-state index in [0.29, 0.717) is 6.54 Å². The summed E-state index contributed by atoms with van der Waals surface area (Å²) in [5.41, 5.74) is -0.0898. The summed E-state index contributed by atoms with van der Waals surface area (Å²) in [4.78, 5) is 23.5. The fourth-order valence-corrected chi connectivity index (χ4v) is 1.93. The van der Waals surface area contributed by atoms with Crippen LogP contribution in [-0.2, 0) is 21.3 Å². The number of hydrogen-bond acceptors (Lipinski definition) is 7. The van der Waals surface area contributed by atoms with E-state index in [1.807, 2.05) is 0 Å². The van der Waals surface area contributed by atoms with E-state index in [-0.39, 0.29) is 24.7 Å². The second-order valence-corrected chi connectivity index (χ2v) is 4.10. The van der Waals surface area contributed by atoms with Crippen LogP contribution in [0.2, 0.25) is 0 Å². The summed E-state index contributed by atoms with van der Waals surface area (Å²) in [6.07, 6.45) is 0.582. The fraction of sp³-hybridized carbons (Fsp3) is 0.600. The van der Waals surface area contributed by atoms with Gasteiger partial charge in [-0.25, -0.2) is 4.79 Å². The Kier molecular flexibility index (Phi) is 3.65. The van der Waals surface area contributed by atoms with Crippen LogP contribution in [0.4, 0.5) is 11.5 Å². The molecular formula is C10H14N4O5. The van der Waals surface area contributed by atoms with Gasteiger partial charge in [0.2, 0.25) is 5.82 Å². The lowest BCUT2D eigenvalue weighted by molar-refractivity contribution is -0.384. The molecule has 1 aliphatic heterocycles. The first-order valence-corrected chi connectivity index (χ1v) is 5.65. The van der Waals surface area contributed by atoms with Crippen molar-refractivity contribution < 1.29 is 19.2 Å². The third-order valence-electron chi connectivity index (χ3n) is 2.82. The van der Waals surface area contributed by atoms with Crippen molar-refractivity contribution in [2.24, 2.45) is 7.05 Å². The van der Waals surface area contributed by atoms with Crippen molar-refractivity contribution in [2.45, 2.75) is 6.10 Å². The number of rotatable bonds is 3. The molecule has 19 heavy (non-hydrogen) atoms. The molecule has 9 nitrogen and oxygen atoms in total. The average molecular weight is 270 g/mol. The van der Waals surface area contributed by atoms with Crippen LogP contribution >= 0.6 is 0 Å². The number of carbonyl (C=O) groups excluding carboxylic acids is 1. The van der Waals surface area contributed by atoms with E-state index in [2.05, 4.69) is 9.84 Å². The van der Waals surface area contributed by atoms with Crippen LogP contribution < -0.4 is 4.90 Å². The lowest BCUT2D eigenvalue weighted by Crippen LogP contribution is -2.47. The SMILES string of the molecule is COC(=O)C1CN(c2nn(C)cc2[N+](=O)[O-])CCO1. The number of aromatic nitrogens is 2. The maximum Gasteiger partial charge on any atom is 0.336 e. The molecule has 1 aromatic rings. The van der Waals surface area contributed by atoms with Gasteiger partial charge in [0.1, 0.15) is 6.20 Å². The van der Waals surface area contributed by atoms with E-state index in [9.17, 15) is 14.9 Å². The number of aryl methyl sites for hydroxylation is 1. The Morgan fingerprint density at radius 1 is 1.68 bits per heavy atom. The molecule has 0 radical (unpaired) electrons. The molecular weight excluding hydrogens is 256 g/mol. The molecule has 0 amide bonds. The Balaban J connectivity index is 2.22. The van der Waals surface area contributed by atoms with Crippen molar-refractivity contribution in [2.75, 3.05) is 31.7 Å². The molecule has 1 saturated heterocycles. The normalized spacial score (nSPS) is 19.3. The van der Waals surface area contributed by atoms with Crippen LogP contribution in [0, 0.1) is 10.1 Å². The molecule has 2 heterocycles. The Labute approximate surface area is 108 Å². The molecule has 0 spiro atoms. The summed E-state index contributed by atoms with van der Waals surface area (Å²) >= 11 is 0. The summed E-state index contributed by atoms with van der Waals surface area (Å²) in [6.45, 7) is 0.906. The Hall–Kier alpha value is -2.16. The highest BCUT2D eigenvalue weighted by Gasteiger charge is 2.32. The zero-order chi connectivity index (χ0) is 14.0. The number of nitrogens with zero attached hydrogens (tertiary/aromatic N) is 4. The fourth-order valence-electron chi connectivity index (χ4n) is 1.93. The number of nitro groups is 1. The molecule has 1 fully saturated rings. The van der Waals surface area contributed by atoms with E-state index in [4.69, 9.17) is 4.74 Å². The number of carbonyl (C=O) groups is 1. The van der Waals surface area contributed by atoms with Gasteiger partial charge in [0.05, 0.1) is 25.2 Å². The van der Waals surface area contributed by atoms with Gasteiger partial charge in [0.15, 0.2) is 6.10 Å².